The molecule has 0 radical (unpaired) electrons. The van der Waals surface area contributed by atoms with Gasteiger partial charge in [-0.25, -0.2) is 13.4 Å². The summed E-state index contributed by atoms with van der Waals surface area (Å²) in [5.74, 6) is -1.37. The minimum absolute atomic E-state index is 0.324. The third-order valence-electron chi connectivity index (χ3n) is 1.90. The summed E-state index contributed by atoms with van der Waals surface area (Å²) in [5.41, 5.74) is -0.324. The zero-order valence-electron chi connectivity index (χ0n) is 7.81. The molecule has 0 spiro atoms. The largest absolute Gasteiger partial charge is 0.450 e. The van der Waals surface area contributed by atoms with E-state index in [1.807, 2.05) is 0 Å². The number of hydrogen-bond donors (Lipinski definition) is 0. The number of fused-ring (bicyclic) bond motifs is 1. The summed E-state index contributed by atoms with van der Waals surface area (Å²) in [6, 6.07) is 0. The predicted octanol–water partition coefficient (Wildman–Crippen LogP) is 1.68. The quantitative estimate of drug-likeness (QED) is 0.748. The van der Waals surface area contributed by atoms with Crippen molar-refractivity contribution in [3.8, 4) is 0 Å². The fourth-order valence-corrected chi connectivity index (χ4v) is 2.23. The van der Waals surface area contributed by atoms with Crippen LogP contribution in [0.4, 0.5) is 13.2 Å². The third-order valence-corrected chi connectivity index (χ3v) is 3.10. The van der Waals surface area contributed by atoms with Crippen LogP contribution in [-0.4, -0.2) is 22.8 Å². The normalized spacial score (nSPS) is 13.2. The minimum atomic E-state index is -4.79. The van der Waals surface area contributed by atoms with Crippen molar-refractivity contribution in [2.75, 3.05) is 0 Å². The van der Waals surface area contributed by atoms with E-state index in [1.54, 1.807) is 0 Å². The summed E-state index contributed by atoms with van der Waals surface area (Å²) in [5, 5.41) is -0.861. The van der Waals surface area contributed by atoms with Gasteiger partial charge in [0.25, 0.3) is 9.05 Å². The molecule has 0 aliphatic heterocycles. The highest BCUT2D eigenvalue weighted by Gasteiger charge is 2.38. The molecule has 2 aromatic rings. The molecule has 0 fully saturated rings. The Labute approximate surface area is 97.3 Å². The van der Waals surface area contributed by atoms with Crippen LogP contribution in [0.5, 0.6) is 0 Å². The SMILES string of the molecule is O=S(=O)(Cl)c1nc(C(F)(F)F)n2ccncc12. The van der Waals surface area contributed by atoms with Gasteiger partial charge in [-0.05, 0) is 0 Å². The van der Waals surface area contributed by atoms with Crippen molar-refractivity contribution in [2.45, 2.75) is 11.2 Å². The number of halogens is 4. The van der Waals surface area contributed by atoms with Crippen molar-refractivity contribution in [1.82, 2.24) is 14.4 Å². The van der Waals surface area contributed by atoms with Gasteiger partial charge in [-0.3, -0.25) is 9.38 Å². The Bertz CT molecular complexity index is 679. The Balaban J connectivity index is 2.91. The van der Waals surface area contributed by atoms with E-state index in [-0.39, 0.29) is 5.52 Å². The lowest BCUT2D eigenvalue weighted by Gasteiger charge is -2.03. The predicted molar refractivity (Wildman–Crippen MR) is 51.0 cm³/mol. The van der Waals surface area contributed by atoms with E-state index in [2.05, 4.69) is 9.97 Å². The minimum Gasteiger partial charge on any atom is -0.292 e. The van der Waals surface area contributed by atoms with Crippen LogP contribution in [0, 0.1) is 0 Å². The van der Waals surface area contributed by atoms with Crippen LogP contribution in [0.1, 0.15) is 5.82 Å². The van der Waals surface area contributed by atoms with Gasteiger partial charge >= 0.3 is 6.18 Å². The first-order valence-electron chi connectivity index (χ1n) is 4.05. The molecule has 0 saturated heterocycles. The topological polar surface area (TPSA) is 64.3 Å². The van der Waals surface area contributed by atoms with Crippen LogP contribution >= 0.6 is 10.7 Å². The Morgan fingerprint density at radius 2 is 2.00 bits per heavy atom. The summed E-state index contributed by atoms with van der Waals surface area (Å²) >= 11 is 0. The molecule has 0 atom stereocenters. The van der Waals surface area contributed by atoms with Crippen LogP contribution in [0.2, 0.25) is 0 Å². The van der Waals surface area contributed by atoms with Gasteiger partial charge in [-0.2, -0.15) is 13.2 Å². The van der Waals surface area contributed by atoms with E-state index in [1.165, 1.54) is 0 Å². The molecule has 17 heavy (non-hydrogen) atoms. The molecular weight excluding hydrogens is 283 g/mol. The molecule has 2 aromatic heterocycles. The molecule has 5 nitrogen and oxygen atoms in total. The zero-order chi connectivity index (χ0) is 12.8. The molecule has 10 heteroatoms. The maximum atomic E-state index is 12.6. The van der Waals surface area contributed by atoms with Crippen molar-refractivity contribution in [1.29, 1.82) is 0 Å². The molecule has 92 valence electrons. The molecule has 0 bridgehead atoms. The summed E-state index contributed by atoms with van der Waals surface area (Å²) in [7, 11) is 0.634. The molecule has 0 aliphatic rings. The smallest absolute Gasteiger partial charge is 0.292 e. The van der Waals surface area contributed by atoms with Gasteiger partial charge in [0.05, 0.1) is 6.20 Å². The van der Waals surface area contributed by atoms with E-state index in [0.29, 0.717) is 4.40 Å². The second-order valence-corrected chi connectivity index (χ2v) is 5.49. The molecule has 0 saturated carbocycles. The van der Waals surface area contributed by atoms with Crippen molar-refractivity contribution in [3.05, 3.63) is 24.4 Å². The zero-order valence-corrected chi connectivity index (χ0v) is 9.38. The highest BCUT2D eigenvalue weighted by molar-refractivity contribution is 8.13. The van der Waals surface area contributed by atoms with Crippen molar-refractivity contribution in [3.63, 3.8) is 0 Å². The van der Waals surface area contributed by atoms with Gasteiger partial charge in [0, 0.05) is 23.1 Å². The van der Waals surface area contributed by atoms with Gasteiger partial charge in [0.15, 0.2) is 5.03 Å². The second kappa shape index (κ2) is 3.57. The van der Waals surface area contributed by atoms with Gasteiger partial charge in [0.1, 0.15) is 5.52 Å². The Hall–Kier alpha value is -1.35. The average Bonchev–Trinajstić information content (AvgIpc) is 2.55. The van der Waals surface area contributed by atoms with E-state index in [4.69, 9.17) is 10.7 Å². The van der Waals surface area contributed by atoms with Crippen LogP contribution in [0.15, 0.2) is 23.6 Å². The number of alkyl halides is 3. The molecular formula is C7H3ClF3N3O2S. The maximum absolute atomic E-state index is 12.6. The molecule has 0 unspecified atom stereocenters. The lowest BCUT2D eigenvalue weighted by molar-refractivity contribution is -0.145. The highest BCUT2D eigenvalue weighted by Crippen LogP contribution is 2.32. The third kappa shape index (κ3) is 2.07. The number of hydrogen-bond acceptors (Lipinski definition) is 4. The monoisotopic (exact) mass is 285 g/mol. The van der Waals surface area contributed by atoms with E-state index in [9.17, 15) is 21.6 Å². The van der Waals surface area contributed by atoms with Gasteiger partial charge in [-0.1, -0.05) is 0 Å². The van der Waals surface area contributed by atoms with Crippen molar-refractivity contribution in [2.24, 2.45) is 0 Å². The number of rotatable bonds is 1. The fraction of sp³-hybridized carbons (Fsp3) is 0.143. The molecule has 0 amide bonds. The molecule has 0 N–H and O–H groups in total. The van der Waals surface area contributed by atoms with Crippen LogP contribution in [0.3, 0.4) is 0 Å². The van der Waals surface area contributed by atoms with E-state index >= 15 is 0 Å². The standard InChI is InChI=1S/C7H3ClF3N3O2S/c8-17(15,16)5-4-3-12-1-2-14(4)6(13-5)7(9,10)11/h1-3H. The fourth-order valence-electron chi connectivity index (χ4n) is 1.29. The Morgan fingerprint density at radius 3 is 2.53 bits per heavy atom. The summed E-state index contributed by atoms with van der Waals surface area (Å²) in [4.78, 5) is 6.54. The van der Waals surface area contributed by atoms with E-state index in [0.717, 1.165) is 18.6 Å². The number of nitrogens with zero attached hydrogens (tertiary/aromatic N) is 3. The summed E-state index contributed by atoms with van der Waals surface area (Å²) in [6.45, 7) is 0. The number of aromatic nitrogens is 3. The average molecular weight is 286 g/mol. The van der Waals surface area contributed by atoms with E-state index < -0.39 is 26.1 Å². The molecule has 2 heterocycles. The van der Waals surface area contributed by atoms with Crippen molar-refractivity contribution >= 4 is 25.2 Å². The molecule has 0 aromatic carbocycles. The lowest BCUT2D eigenvalue weighted by Crippen LogP contribution is -2.10. The first-order valence-corrected chi connectivity index (χ1v) is 6.36. The molecule has 2 rings (SSSR count). The first kappa shape index (κ1) is 12.1. The Kier molecular flexibility index (Phi) is 2.54. The highest BCUT2D eigenvalue weighted by atomic mass is 35.7. The molecule has 0 aliphatic carbocycles. The van der Waals surface area contributed by atoms with Gasteiger partial charge in [-0.15, -0.1) is 0 Å². The Morgan fingerprint density at radius 1 is 1.35 bits per heavy atom. The van der Waals surface area contributed by atoms with Gasteiger partial charge < -0.3 is 0 Å². The lowest BCUT2D eigenvalue weighted by atomic mass is 10.5. The van der Waals surface area contributed by atoms with Crippen LogP contribution < -0.4 is 0 Å². The summed E-state index contributed by atoms with van der Waals surface area (Å²) < 4.78 is 60.5. The van der Waals surface area contributed by atoms with Crippen molar-refractivity contribution < 1.29 is 21.6 Å². The number of imidazole rings is 1. The van der Waals surface area contributed by atoms with Crippen LogP contribution in [0.25, 0.3) is 5.52 Å². The second-order valence-electron chi connectivity index (χ2n) is 3.01. The first-order chi connectivity index (χ1) is 7.71. The maximum Gasteiger partial charge on any atom is 0.450 e. The van der Waals surface area contributed by atoms with Crippen LogP contribution in [-0.2, 0) is 15.2 Å². The summed E-state index contributed by atoms with van der Waals surface area (Å²) in [6.07, 6.45) is -1.81. The van der Waals surface area contributed by atoms with Gasteiger partial charge in [0.2, 0.25) is 5.82 Å².